The number of anilines is 2. The fraction of sp³-hybridized carbons (Fsp3) is 0.385. The highest BCUT2D eigenvalue weighted by Gasteiger charge is 2.24. The maximum absolute atomic E-state index is 12.1. The Kier molecular flexibility index (Phi) is 3.35. The largest absolute Gasteiger partial charge is 0.465 e. The van der Waals surface area contributed by atoms with E-state index in [1.807, 2.05) is 19.1 Å². The minimum Gasteiger partial charge on any atom is -0.465 e. The number of hydrogen-bond acceptors (Lipinski definition) is 6. The summed E-state index contributed by atoms with van der Waals surface area (Å²) in [6.45, 7) is 2.21. The number of carbonyl (C=O) groups is 1. The third-order valence-electron chi connectivity index (χ3n) is 2.98. The zero-order chi connectivity index (χ0) is 14.1. The van der Waals surface area contributed by atoms with Crippen molar-refractivity contribution in [1.82, 2.24) is 10.3 Å². The van der Waals surface area contributed by atoms with Gasteiger partial charge in [0.15, 0.2) is 5.13 Å². The molecule has 4 N–H and O–H groups in total. The van der Waals surface area contributed by atoms with Gasteiger partial charge in [0, 0.05) is 6.04 Å². The summed E-state index contributed by atoms with van der Waals surface area (Å²) in [6.07, 6.45) is 2.30. The van der Waals surface area contributed by atoms with Crippen molar-refractivity contribution < 1.29 is 9.21 Å². The summed E-state index contributed by atoms with van der Waals surface area (Å²) >= 11 is 1.29. The van der Waals surface area contributed by atoms with Gasteiger partial charge in [0.25, 0.3) is 5.91 Å². The van der Waals surface area contributed by atoms with Gasteiger partial charge in [0.1, 0.15) is 22.2 Å². The molecule has 2 aromatic heterocycles. The number of nitrogens with zero attached hydrogens (tertiary/aromatic N) is 1. The first-order chi connectivity index (χ1) is 9.61. The number of rotatable bonds is 5. The maximum atomic E-state index is 12.1. The number of aryl methyl sites for hydroxylation is 1. The predicted molar refractivity (Wildman–Crippen MR) is 77.8 cm³/mol. The number of nitrogen functional groups attached to an aromatic ring is 1. The molecular formula is C13H16N4O2S. The normalized spacial score (nSPS) is 14.2. The lowest BCUT2D eigenvalue weighted by Crippen LogP contribution is -2.22. The Labute approximate surface area is 120 Å². The fourth-order valence-electron chi connectivity index (χ4n) is 1.79. The first-order valence-electron chi connectivity index (χ1n) is 6.48. The van der Waals surface area contributed by atoms with E-state index < -0.39 is 0 Å². The van der Waals surface area contributed by atoms with E-state index in [2.05, 4.69) is 15.6 Å². The van der Waals surface area contributed by atoms with E-state index in [1.54, 1.807) is 0 Å². The molecule has 7 heteroatoms. The van der Waals surface area contributed by atoms with E-state index >= 15 is 0 Å². The van der Waals surface area contributed by atoms with E-state index in [0.29, 0.717) is 22.6 Å². The second-order valence-corrected chi connectivity index (χ2v) is 5.85. The molecule has 0 spiro atoms. The number of amides is 1. The number of aromatic nitrogens is 1. The molecule has 3 rings (SSSR count). The number of thiazole rings is 1. The molecule has 0 aromatic carbocycles. The van der Waals surface area contributed by atoms with Crippen molar-refractivity contribution in [2.24, 2.45) is 0 Å². The van der Waals surface area contributed by atoms with Crippen LogP contribution >= 0.6 is 11.3 Å². The summed E-state index contributed by atoms with van der Waals surface area (Å²) in [6, 6.07) is 4.19. The number of carbonyl (C=O) groups excluding carboxylic acids is 1. The highest BCUT2D eigenvalue weighted by molar-refractivity contribution is 7.18. The zero-order valence-electron chi connectivity index (χ0n) is 11.1. The third-order valence-corrected chi connectivity index (χ3v) is 3.98. The summed E-state index contributed by atoms with van der Waals surface area (Å²) in [4.78, 5) is 16.7. The molecule has 1 aliphatic rings. The van der Waals surface area contributed by atoms with Gasteiger partial charge in [0.2, 0.25) is 0 Å². The first kappa shape index (κ1) is 13.0. The number of hydrogen-bond donors (Lipinski definition) is 3. The van der Waals surface area contributed by atoms with Gasteiger partial charge >= 0.3 is 0 Å². The van der Waals surface area contributed by atoms with Crippen LogP contribution in [0.25, 0.3) is 0 Å². The highest BCUT2D eigenvalue weighted by Crippen LogP contribution is 2.30. The molecule has 1 saturated carbocycles. The minimum absolute atomic E-state index is 0.224. The van der Waals surface area contributed by atoms with Gasteiger partial charge in [-0.3, -0.25) is 4.79 Å². The SMILES string of the molecule is Cc1ccc(CNC(=O)c2sc(NC3CC3)nc2N)o1. The molecule has 0 atom stereocenters. The number of furan rings is 1. The van der Waals surface area contributed by atoms with Crippen LogP contribution in [0, 0.1) is 6.92 Å². The van der Waals surface area contributed by atoms with E-state index in [4.69, 9.17) is 10.2 Å². The van der Waals surface area contributed by atoms with Crippen molar-refractivity contribution >= 4 is 28.2 Å². The van der Waals surface area contributed by atoms with Gasteiger partial charge in [-0.05, 0) is 31.9 Å². The molecule has 2 aromatic rings. The average molecular weight is 292 g/mol. The average Bonchev–Trinajstić information content (AvgIpc) is 3.00. The van der Waals surface area contributed by atoms with Gasteiger partial charge in [0.05, 0.1) is 6.54 Å². The monoisotopic (exact) mass is 292 g/mol. The molecule has 0 aliphatic heterocycles. The van der Waals surface area contributed by atoms with Crippen LogP contribution in [0.15, 0.2) is 16.5 Å². The van der Waals surface area contributed by atoms with Crippen LogP contribution < -0.4 is 16.4 Å². The molecule has 1 fully saturated rings. The second kappa shape index (κ2) is 5.16. The third kappa shape index (κ3) is 2.93. The predicted octanol–water partition coefficient (Wildman–Crippen LogP) is 2.13. The molecule has 1 aliphatic carbocycles. The lowest BCUT2D eigenvalue weighted by Gasteiger charge is -2.01. The van der Waals surface area contributed by atoms with Gasteiger partial charge < -0.3 is 20.8 Å². The van der Waals surface area contributed by atoms with Crippen LogP contribution in [0.1, 0.15) is 34.0 Å². The maximum Gasteiger partial charge on any atom is 0.265 e. The molecule has 0 radical (unpaired) electrons. The lowest BCUT2D eigenvalue weighted by atomic mass is 10.4. The standard InChI is InChI=1S/C13H16N4O2S/c1-7-2-5-9(19-7)6-15-12(18)10-11(14)17-13(20-10)16-8-3-4-8/h2,5,8H,3-4,6,14H2,1H3,(H,15,18)(H,16,17). The fourth-order valence-corrected chi connectivity index (χ4v) is 2.66. The zero-order valence-corrected chi connectivity index (χ0v) is 11.9. The van der Waals surface area contributed by atoms with Gasteiger partial charge in [-0.2, -0.15) is 0 Å². The number of nitrogens with two attached hydrogens (primary N) is 1. The molecule has 6 nitrogen and oxygen atoms in total. The Morgan fingerprint density at radius 1 is 1.55 bits per heavy atom. The van der Waals surface area contributed by atoms with Crippen LogP contribution in [0.5, 0.6) is 0 Å². The molecular weight excluding hydrogens is 276 g/mol. The van der Waals surface area contributed by atoms with Gasteiger partial charge in [-0.25, -0.2) is 4.98 Å². The topological polar surface area (TPSA) is 93.2 Å². The first-order valence-corrected chi connectivity index (χ1v) is 7.30. The van der Waals surface area contributed by atoms with E-state index in [-0.39, 0.29) is 11.7 Å². The van der Waals surface area contributed by atoms with E-state index in [1.165, 1.54) is 11.3 Å². The smallest absolute Gasteiger partial charge is 0.265 e. The highest BCUT2D eigenvalue weighted by atomic mass is 32.1. The van der Waals surface area contributed by atoms with Crippen LogP contribution in [0.2, 0.25) is 0 Å². The summed E-state index contributed by atoms with van der Waals surface area (Å²) in [5.74, 6) is 1.59. The summed E-state index contributed by atoms with van der Waals surface area (Å²) in [5.41, 5.74) is 5.79. The molecule has 20 heavy (non-hydrogen) atoms. The Morgan fingerprint density at radius 3 is 3.00 bits per heavy atom. The Hall–Kier alpha value is -2.02. The molecule has 1 amide bonds. The molecule has 0 bridgehead atoms. The Balaban J connectivity index is 1.62. The van der Waals surface area contributed by atoms with Crippen LogP contribution in [0.3, 0.4) is 0 Å². The van der Waals surface area contributed by atoms with Crippen molar-refractivity contribution in [3.63, 3.8) is 0 Å². The summed E-state index contributed by atoms with van der Waals surface area (Å²) < 4.78 is 5.40. The summed E-state index contributed by atoms with van der Waals surface area (Å²) in [7, 11) is 0. The molecule has 106 valence electrons. The molecule has 0 saturated heterocycles. The lowest BCUT2D eigenvalue weighted by molar-refractivity contribution is 0.0952. The second-order valence-electron chi connectivity index (χ2n) is 4.85. The molecule has 0 unspecified atom stereocenters. The van der Waals surface area contributed by atoms with Crippen LogP contribution in [-0.4, -0.2) is 16.9 Å². The van der Waals surface area contributed by atoms with Crippen molar-refractivity contribution in [3.8, 4) is 0 Å². The van der Waals surface area contributed by atoms with Crippen LogP contribution in [-0.2, 0) is 6.54 Å². The van der Waals surface area contributed by atoms with E-state index in [9.17, 15) is 4.79 Å². The Morgan fingerprint density at radius 2 is 2.35 bits per heavy atom. The summed E-state index contributed by atoms with van der Waals surface area (Å²) in [5, 5.41) is 6.73. The van der Waals surface area contributed by atoms with Crippen LogP contribution in [0.4, 0.5) is 10.9 Å². The number of nitrogens with one attached hydrogen (secondary N) is 2. The van der Waals surface area contributed by atoms with Gasteiger partial charge in [-0.1, -0.05) is 11.3 Å². The quantitative estimate of drug-likeness (QED) is 0.785. The van der Waals surface area contributed by atoms with Crippen molar-refractivity contribution in [2.45, 2.75) is 32.4 Å². The van der Waals surface area contributed by atoms with Crippen molar-refractivity contribution in [2.75, 3.05) is 11.1 Å². The minimum atomic E-state index is -0.224. The van der Waals surface area contributed by atoms with Gasteiger partial charge in [-0.15, -0.1) is 0 Å². The van der Waals surface area contributed by atoms with Crippen molar-refractivity contribution in [3.05, 3.63) is 28.5 Å². The van der Waals surface area contributed by atoms with Crippen molar-refractivity contribution in [1.29, 1.82) is 0 Å². The van der Waals surface area contributed by atoms with E-state index in [0.717, 1.165) is 24.4 Å². The Bertz CT molecular complexity index is 630. The molecule has 2 heterocycles.